The Morgan fingerprint density at radius 1 is 1.15 bits per heavy atom. The second-order valence-corrected chi connectivity index (χ2v) is 6.00. The minimum atomic E-state index is -0.530. The van der Waals surface area contributed by atoms with E-state index in [1.807, 2.05) is 26.0 Å². The maximum absolute atomic E-state index is 12.7. The number of anilines is 1. The van der Waals surface area contributed by atoms with Crippen molar-refractivity contribution in [2.75, 3.05) is 26.6 Å². The van der Waals surface area contributed by atoms with Gasteiger partial charge in [-0.25, -0.2) is 0 Å². The van der Waals surface area contributed by atoms with E-state index in [1.165, 1.54) is 18.2 Å². The van der Waals surface area contributed by atoms with Crippen LogP contribution in [-0.2, 0) is 0 Å². The third-order valence-corrected chi connectivity index (χ3v) is 4.31. The summed E-state index contributed by atoms with van der Waals surface area (Å²) in [5.41, 5.74) is 2.35. The van der Waals surface area contributed by atoms with Crippen molar-refractivity contribution >= 4 is 17.3 Å². The van der Waals surface area contributed by atoms with Crippen molar-refractivity contribution in [3.05, 3.63) is 57.1 Å². The van der Waals surface area contributed by atoms with Crippen LogP contribution in [-0.4, -0.2) is 32.1 Å². The van der Waals surface area contributed by atoms with Gasteiger partial charge in [-0.05, 0) is 43.2 Å². The molecule has 1 atom stereocenters. The molecule has 0 saturated carbocycles. The van der Waals surface area contributed by atoms with Gasteiger partial charge >= 0.3 is 0 Å². The van der Waals surface area contributed by atoms with Crippen LogP contribution in [0, 0.1) is 17.0 Å². The molecule has 1 unspecified atom stereocenters. The Morgan fingerprint density at radius 3 is 2.33 bits per heavy atom. The highest BCUT2D eigenvalue weighted by Gasteiger charge is 2.20. The first-order chi connectivity index (χ1) is 12.8. The van der Waals surface area contributed by atoms with E-state index in [-0.39, 0.29) is 17.3 Å². The second-order valence-electron chi connectivity index (χ2n) is 6.00. The van der Waals surface area contributed by atoms with Crippen molar-refractivity contribution in [3.8, 4) is 11.5 Å². The van der Waals surface area contributed by atoms with Gasteiger partial charge in [0.05, 0.1) is 30.7 Å². The molecule has 2 aromatic carbocycles. The molecule has 27 heavy (non-hydrogen) atoms. The molecule has 2 aromatic rings. The van der Waals surface area contributed by atoms with Gasteiger partial charge in [0.15, 0.2) is 11.5 Å². The molecule has 0 radical (unpaired) electrons. The maximum Gasteiger partial charge on any atom is 0.270 e. The predicted octanol–water partition coefficient (Wildman–Crippen LogP) is 3.45. The molecule has 2 rings (SSSR count). The van der Waals surface area contributed by atoms with E-state index in [2.05, 4.69) is 10.6 Å². The Labute approximate surface area is 157 Å². The number of nitro groups is 1. The summed E-state index contributed by atoms with van der Waals surface area (Å²) in [7, 11) is 4.76. The van der Waals surface area contributed by atoms with Gasteiger partial charge in [0, 0.05) is 24.9 Å². The SMILES string of the molecule is CNc1ccc([N+](=O)[O-])cc1C(=O)NC(C)c1cc(OC)c(OC)cc1C. The van der Waals surface area contributed by atoms with E-state index in [9.17, 15) is 14.9 Å². The van der Waals surface area contributed by atoms with Gasteiger partial charge in [-0.15, -0.1) is 0 Å². The largest absolute Gasteiger partial charge is 0.493 e. The lowest BCUT2D eigenvalue weighted by molar-refractivity contribution is -0.384. The first kappa shape index (κ1) is 20.0. The number of rotatable bonds is 7. The molecule has 0 aliphatic heterocycles. The number of methoxy groups -OCH3 is 2. The second kappa shape index (κ2) is 8.39. The molecule has 0 aromatic heterocycles. The molecule has 0 bridgehead atoms. The van der Waals surface area contributed by atoms with Gasteiger partial charge in [0.2, 0.25) is 0 Å². The molecule has 0 spiro atoms. The fourth-order valence-electron chi connectivity index (χ4n) is 2.87. The summed E-state index contributed by atoms with van der Waals surface area (Å²) in [6.45, 7) is 3.74. The van der Waals surface area contributed by atoms with Gasteiger partial charge in [-0.2, -0.15) is 0 Å². The Kier molecular flexibility index (Phi) is 6.23. The molecule has 144 valence electrons. The summed E-state index contributed by atoms with van der Waals surface area (Å²) in [6.07, 6.45) is 0. The van der Waals surface area contributed by atoms with Crippen molar-refractivity contribution < 1.29 is 19.2 Å². The Bertz CT molecular complexity index is 867. The fraction of sp³-hybridized carbons (Fsp3) is 0.316. The lowest BCUT2D eigenvalue weighted by Crippen LogP contribution is -2.28. The zero-order chi connectivity index (χ0) is 20.1. The standard InChI is InChI=1S/C19H23N3O5/c1-11-8-17(26-4)18(27-5)10-14(11)12(2)21-19(23)15-9-13(22(24)25)6-7-16(15)20-3/h6-10,12,20H,1-5H3,(H,21,23). The number of ether oxygens (including phenoxy) is 2. The van der Waals surface area contributed by atoms with Crippen LogP contribution in [0.3, 0.4) is 0 Å². The van der Waals surface area contributed by atoms with Gasteiger partial charge < -0.3 is 20.1 Å². The number of benzene rings is 2. The summed E-state index contributed by atoms with van der Waals surface area (Å²) in [4.78, 5) is 23.2. The van der Waals surface area contributed by atoms with Crippen LogP contribution in [0.4, 0.5) is 11.4 Å². The van der Waals surface area contributed by atoms with Crippen LogP contribution in [0.1, 0.15) is 34.5 Å². The first-order valence-corrected chi connectivity index (χ1v) is 8.32. The lowest BCUT2D eigenvalue weighted by atomic mass is 10.0. The van der Waals surface area contributed by atoms with E-state index in [0.29, 0.717) is 17.2 Å². The minimum Gasteiger partial charge on any atom is -0.493 e. The molecule has 8 heteroatoms. The van der Waals surface area contributed by atoms with Gasteiger partial charge in [0.1, 0.15) is 0 Å². The maximum atomic E-state index is 12.7. The monoisotopic (exact) mass is 373 g/mol. The third kappa shape index (κ3) is 4.28. The topological polar surface area (TPSA) is 103 Å². The number of hydrogen-bond acceptors (Lipinski definition) is 6. The number of non-ortho nitro benzene ring substituents is 1. The molecule has 0 heterocycles. The number of nitrogens with zero attached hydrogens (tertiary/aromatic N) is 1. The fourth-order valence-corrected chi connectivity index (χ4v) is 2.87. The molecular weight excluding hydrogens is 350 g/mol. The highest BCUT2D eigenvalue weighted by molar-refractivity contribution is 6.00. The summed E-state index contributed by atoms with van der Waals surface area (Å²) in [5.74, 6) is 0.753. The van der Waals surface area contributed by atoms with Crippen LogP contribution in [0.25, 0.3) is 0 Å². The Balaban J connectivity index is 2.33. The van der Waals surface area contributed by atoms with E-state index < -0.39 is 10.8 Å². The Morgan fingerprint density at radius 2 is 1.78 bits per heavy atom. The number of hydrogen-bond donors (Lipinski definition) is 2. The first-order valence-electron chi connectivity index (χ1n) is 8.32. The summed E-state index contributed by atoms with van der Waals surface area (Å²) < 4.78 is 10.6. The van der Waals surface area contributed by atoms with Gasteiger partial charge in [0.25, 0.3) is 11.6 Å². The van der Waals surface area contributed by atoms with Crippen LogP contribution >= 0.6 is 0 Å². The molecule has 8 nitrogen and oxygen atoms in total. The highest BCUT2D eigenvalue weighted by Crippen LogP contribution is 2.33. The third-order valence-electron chi connectivity index (χ3n) is 4.31. The summed E-state index contributed by atoms with van der Waals surface area (Å²) >= 11 is 0. The van der Waals surface area contributed by atoms with Crippen molar-refractivity contribution in [1.29, 1.82) is 0 Å². The number of carbonyl (C=O) groups excluding carboxylic acids is 1. The van der Waals surface area contributed by atoms with Crippen molar-refractivity contribution in [2.24, 2.45) is 0 Å². The quantitative estimate of drug-likeness (QED) is 0.569. The van der Waals surface area contributed by atoms with Crippen LogP contribution in [0.2, 0.25) is 0 Å². The van der Waals surface area contributed by atoms with E-state index in [1.54, 1.807) is 21.3 Å². The van der Waals surface area contributed by atoms with Crippen molar-refractivity contribution in [1.82, 2.24) is 5.32 Å². The lowest BCUT2D eigenvalue weighted by Gasteiger charge is -2.20. The highest BCUT2D eigenvalue weighted by atomic mass is 16.6. The van der Waals surface area contributed by atoms with Gasteiger partial charge in [-0.3, -0.25) is 14.9 Å². The molecule has 1 amide bonds. The average molecular weight is 373 g/mol. The van der Waals surface area contributed by atoms with Crippen LogP contribution < -0.4 is 20.1 Å². The van der Waals surface area contributed by atoms with Gasteiger partial charge in [-0.1, -0.05) is 0 Å². The summed E-state index contributed by atoms with van der Waals surface area (Å²) in [5, 5.41) is 16.8. The number of amides is 1. The zero-order valence-corrected chi connectivity index (χ0v) is 16.0. The van der Waals surface area contributed by atoms with Crippen LogP contribution in [0.5, 0.6) is 11.5 Å². The van der Waals surface area contributed by atoms with E-state index >= 15 is 0 Å². The number of aryl methyl sites for hydroxylation is 1. The zero-order valence-electron chi connectivity index (χ0n) is 16.0. The smallest absolute Gasteiger partial charge is 0.270 e. The predicted molar refractivity (Wildman–Crippen MR) is 103 cm³/mol. The van der Waals surface area contributed by atoms with E-state index in [4.69, 9.17) is 9.47 Å². The number of carbonyl (C=O) groups is 1. The molecule has 0 fully saturated rings. The average Bonchev–Trinajstić information content (AvgIpc) is 2.66. The summed E-state index contributed by atoms with van der Waals surface area (Å²) in [6, 6.07) is 7.43. The molecule has 0 aliphatic rings. The number of nitrogens with one attached hydrogen (secondary N) is 2. The van der Waals surface area contributed by atoms with Crippen LogP contribution in [0.15, 0.2) is 30.3 Å². The molecule has 0 saturated heterocycles. The molecular formula is C19H23N3O5. The van der Waals surface area contributed by atoms with E-state index in [0.717, 1.165) is 11.1 Å². The molecule has 2 N–H and O–H groups in total. The Hall–Kier alpha value is -3.29. The van der Waals surface area contributed by atoms with Crippen molar-refractivity contribution in [3.63, 3.8) is 0 Å². The minimum absolute atomic E-state index is 0.144. The number of nitro benzene ring substituents is 1. The normalized spacial score (nSPS) is 11.4. The molecule has 0 aliphatic carbocycles. The van der Waals surface area contributed by atoms with Crippen molar-refractivity contribution in [2.45, 2.75) is 19.9 Å².